The van der Waals surface area contributed by atoms with Gasteiger partial charge in [0.25, 0.3) is 4.96 Å². The molecular weight excluding hydrogens is 314 g/mol. The molecule has 0 radical (unpaired) electrons. The van der Waals surface area contributed by atoms with E-state index in [0.717, 1.165) is 11.3 Å². The fourth-order valence-corrected chi connectivity index (χ4v) is 3.17. The monoisotopic (exact) mass is 331 g/mol. The molecular formula is C15H17N5O2S. The molecule has 0 aliphatic heterocycles. The van der Waals surface area contributed by atoms with E-state index in [-0.39, 0.29) is 10.7 Å². The van der Waals surface area contributed by atoms with Crippen LogP contribution in [0.5, 0.6) is 0 Å². The molecule has 2 heterocycles. The Morgan fingerprint density at radius 3 is 2.83 bits per heavy atom. The van der Waals surface area contributed by atoms with Crippen molar-refractivity contribution in [2.75, 3.05) is 30.9 Å². The number of benzene rings is 1. The van der Waals surface area contributed by atoms with Gasteiger partial charge in [-0.05, 0) is 22.6 Å². The van der Waals surface area contributed by atoms with Crippen molar-refractivity contribution in [2.24, 2.45) is 0 Å². The molecule has 8 heteroatoms. The average Bonchev–Trinajstić information content (AvgIpc) is 3.07. The lowest BCUT2D eigenvalue weighted by atomic mass is 10.2. The van der Waals surface area contributed by atoms with E-state index in [0.29, 0.717) is 17.3 Å². The lowest BCUT2D eigenvalue weighted by Crippen LogP contribution is -2.18. The number of aromatic nitrogens is 2. The number of hydrogen-bond donors (Lipinski definition) is 0. The molecule has 0 N–H and O–H groups in total. The van der Waals surface area contributed by atoms with Gasteiger partial charge in [0.05, 0.1) is 0 Å². The Morgan fingerprint density at radius 1 is 1.35 bits per heavy atom. The lowest BCUT2D eigenvalue weighted by molar-refractivity contribution is -0.389. The minimum Gasteiger partial charge on any atom is -0.378 e. The summed E-state index contributed by atoms with van der Waals surface area (Å²) in [5, 5.41) is 13.2. The molecule has 3 rings (SSSR count). The predicted octanol–water partition coefficient (Wildman–Crippen LogP) is 3.01. The number of nitro groups is 1. The van der Waals surface area contributed by atoms with E-state index >= 15 is 0 Å². The molecule has 0 aliphatic rings. The highest BCUT2D eigenvalue weighted by molar-refractivity contribution is 7.15. The summed E-state index contributed by atoms with van der Waals surface area (Å²) >= 11 is 1.38. The Labute approximate surface area is 137 Å². The number of imidazole rings is 1. The van der Waals surface area contributed by atoms with Crippen molar-refractivity contribution in [1.29, 1.82) is 0 Å². The minimum atomic E-state index is -0.380. The average molecular weight is 331 g/mol. The Balaban J connectivity index is 1.93. The largest absolute Gasteiger partial charge is 0.378 e. The fraction of sp³-hybridized carbons (Fsp3) is 0.267. The Hall–Kier alpha value is -2.61. The zero-order valence-electron chi connectivity index (χ0n) is 13.1. The first-order valence-electron chi connectivity index (χ1n) is 7.04. The van der Waals surface area contributed by atoms with Gasteiger partial charge in [0.15, 0.2) is 0 Å². The van der Waals surface area contributed by atoms with Gasteiger partial charge in [-0.15, -0.1) is 0 Å². The first-order valence-corrected chi connectivity index (χ1v) is 7.92. The van der Waals surface area contributed by atoms with E-state index in [1.165, 1.54) is 15.7 Å². The van der Waals surface area contributed by atoms with Crippen LogP contribution < -0.4 is 9.80 Å². The molecule has 2 aromatic heterocycles. The summed E-state index contributed by atoms with van der Waals surface area (Å²) < 4.78 is 1.52. The van der Waals surface area contributed by atoms with Crippen molar-refractivity contribution in [3.63, 3.8) is 0 Å². The second-order valence-electron chi connectivity index (χ2n) is 5.49. The van der Waals surface area contributed by atoms with Crippen LogP contribution >= 0.6 is 11.3 Å². The van der Waals surface area contributed by atoms with Crippen LogP contribution in [0.4, 0.5) is 17.3 Å². The normalized spacial score (nSPS) is 10.9. The van der Waals surface area contributed by atoms with Crippen LogP contribution in [0, 0.1) is 10.1 Å². The summed E-state index contributed by atoms with van der Waals surface area (Å²) in [6.45, 7) is 0.549. The summed E-state index contributed by atoms with van der Waals surface area (Å²) in [6, 6.07) is 8.09. The van der Waals surface area contributed by atoms with Gasteiger partial charge in [0, 0.05) is 38.8 Å². The van der Waals surface area contributed by atoms with Crippen molar-refractivity contribution in [2.45, 2.75) is 6.54 Å². The van der Waals surface area contributed by atoms with Gasteiger partial charge in [-0.2, -0.15) is 9.38 Å². The molecule has 0 saturated heterocycles. The molecule has 0 bridgehead atoms. The molecule has 0 unspecified atom stereocenters. The van der Waals surface area contributed by atoms with Crippen molar-refractivity contribution >= 4 is 33.6 Å². The third-order valence-electron chi connectivity index (χ3n) is 3.60. The molecule has 0 amide bonds. The molecule has 0 aliphatic carbocycles. The summed E-state index contributed by atoms with van der Waals surface area (Å²) in [5.74, 6) is 0.393. The second-order valence-corrected chi connectivity index (χ2v) is 6.37. The Kier molecular flexibility index (Phi) is 3.91. The number of anilines is 2. The fourth-order valence-electron chi connectivity index (χ4n) is 2.47. The van der Waals surface area contributed by atoms with Gasteiger partial charge >= 0.3 is 5.82 Å². The molecule has 0 atom stereocenters. The molecule has 0 fully saturated rings. The lowest BCUT2D eigenvalue weighted by Gasteiger charge is -2.18. The smallest absolute Gasteiger partial charge is 0.373 e. The summed E-state index contributed by atoms with van der Waals surface area (Å²) in [5.41, 5.74) is 2.17. The van der Waals surface area contributed by atoms with E-state index in [1.54, 1.807) is 11.6 Å². The van der Waals surface area contributed by atoms with Crippen LogP contribution in [0.1, 0.15) is 5.56 Å². The van der Waals surface area contributed by atoms with E-state index in [9.17, 15) is 10.1 Å². The molecule has 23 heavy (non-hydrogen) atoms. The summed E-state index contributed by atoms with van der Waals surface area (Å²) in [4.78, 5) is 19.9. The van der Waals surface area contributed by atoms with Crippen LogP contribution in [-0.4, -0.2) is 35.5 Å². The van der Waals surface area contributed by atoms with Gasteiger partial charge in [-0.1, -0.05) is 23.5 Å². The van der Waals surface area contributed by atoms with Crippen LogP contribution in [-0.2, 0) is 6.54 Å². The second kappa shape index (κ2) is 5.88. The zero-order valence-corrected chi connectivity index (χ0v) is 13.9. The highest BCUT2D eigenvalue weighted by atomic mass is 32.1. The van der Waals surface area contributed by atoms with Crippen molar-refractivity contribution < 1.29 is 4.92 Å². The number of rotatable bonds is 5. The summed E-state index contributed by atoms with van der Waals surface area (Å²) in [6.07, 6.45) is 1.68. The Morgan fingerprint density at radius 2 is 2.13 bits per heavy atom. The molecule has 120 valence electrons. The molecule has 7 nitrogen and oxygen atoms in total. The van der Waals surface area contributed by atoms with Gasteiger partial charge in [-0.25, -0.2) is 0 Å². The van der Waals surface area contributed by atoms with E-state index in [2.05, 4.69) is 11.1 Å². The number of fused-ring (bicyclic) bond motifs is 1. The van der Waals surface area contributed by atoms with Gasteiger partial charge < -0.3 is 19.9 Å². The maximum atomic E-state index is 11.4. The SMILES string of the molecule is CN(C)c1cccc(CN(C)c2nc3sccn3c2[N+](=O)[O-])c1. The van der Waals surface area contributed by atoms with Crippen LogP contribution in [0.25, 0.3) is 4.96 Å². The number of thiazole rings is 1. The van der Waals surface area contributed by atoms with E-state index in [1.807, 2.05) is 49.1 Å². The van der Waals surface area contributed by atoms with Crippen LogP contribution in [0.15, 0.2) is 35.8 Å². The maximum Gasteiger partial charge on any atom is 0.373 e. The van der Waals surface area contributed by atoms with Gasteiger partial charge in [0.2, 0.25) is 5.82 Å². The predicted molar refractivity (Wildman–Crippen MR) is 92.6 cm³/mol. The zero-order chi connectivity index (χ0) is 16.6. The van der Waals surface area contributed by atoms with Gasteiger partial charge in [-0.3, -0.25) is 0 Å². The third kappa shape index (κ3) is 2.85. The number of hydrogen-bond acceptors (Lipinski definition) is 6. The maximum absolute atomic E-state index is 11.4. The first kappa shape index (κ1) is 15.3. The first-order chi connectivity index (χ1) is 11.0. The molecule has 3 aromatic rings. The standard InChI is InChI=1S/C15H17N5O2S/c1-17(2)12-6-4-5-11(9-12)10-18(3)13-14(20(21)22)19-7-8-23-15(19)16-13/h4-9H,10H2,1-3H3. The highest BCUT2D eigenvalue weighted by Gasteiger charge is 2.26. The van der Waals surface area contributed by atoms with Crippen molar-refractivity contribution in [3.8, 4) is 0 Å². The van der Waals surface area contributed by atoms with E-state index < -0.39 is 0 Å². The molecule has 0 saturated carbocycles. The number of nitrogens with zero attached hydrogens (tertiary/aromatic N) is 5. The van der Waals surface area contributed by atoms with Crippen LogP contribution in [0.3, 0.4) is 0 Å². The molecule has 1 aromatic carbocycles. The summed E-state index contributed by atoms with van der Waals surface area (Å²) in [7, 11) is 5.79. The topological polar surface area (TPSA) is 66.9 Å². The van der Waals surface area contributed by atoms with Crippen molar-refractivity contribution in [1.82, 2.24) is 9.38 Å². The third-order valence-corrected chi connectivity index (χ3v) is 4.36. The highest BCUT2D eigenvalue weighted by Crippen LogP contribution is 2.31. The quantitative estimate of drug-likeness (QED) is 0.531. The van der Waals surface area contributed by atoms with Crippen molar-refractivity contribution in [3.05, 3.63) is 51.5 Å². The minimum absolute atomic E-state index is 0.00696. The Bertz CT molecular complexity index is 855. The van der Waals surface area contributed by atoms with Crippen LogP contribution in [0.2, 0.25) is 0 Å². The van der Waals surface area contributed by atoms with E-state index in [4.69, 9.17) is 0 Å². The molecule has 0 spiro atoms. The van der Waals surface area contributed by atoms with Gasteiger partial charge in [0.1, 0.15) is 6.20 Å².